The second kappa shape index (κ2) is 4.97. The van der Waals surface area contributed by atoms with Gasteiger partial charge in [-0.3, -0.25) is 0 Å². The average Bonchev–Trinajstić information content (AvgIpc) is 2.76. The fraction of sp³-hybridized carbons (Fsp3) is 0.636. The molecule has 0 bridgehead atoms. The summed E-state index contributed by atoms with van der Waals surface area (Å²) < 4.78 is 0. The summed E-state index contributed by atoms with van der Waals surface area (Å²) in [5.41, 5.74) is 0. The molecule has 16 heavy (non-hydrogen) atoms. The minimum absolute atomic E-state index is 0.246. The Hall–Kier alpha value is -0.870. The maximum atomic E-state index is 9.10. The number of anilines is 1. The largest absolute Gasteiger partial charge is 0.396 e. The van der Waals surface area contributed by atoms with Gasteiger partial charge in [0.05, 0.1) is 0 Å². The van der Waals surface area contributed by atoms with Gasteiger partial charge in [-0.1, -0.05) is 18.5 Å². The molecule has 1 unspecified atom stereocenters. The summed E-state index contributed by atoms with van der Waals surface area (Å²) in [4.78, 5) is 10.8. The predicted molar refractivity (Wildman–Crippen MR) is 63.8 cm³/mol. The van der Waals surface area contributed by atoms with E-state index < -0.39 is 0 Å². The number of nitrogens with zero attached hydrogens (tertiary/aromatic N) is 3. The Morgan fingerprint density at radius 2 is 2.38 bits per heavy atom. The van der Waals surface area contributed by atoms with Crippen molar-refractivity contribution in [3.8, 4) is 0 Å². The molecule has 2 rings (SSSR count). The molecule has 0 spiro atoms. The molecule has 1 N–H and O–H groups in total. The van der Waals surface area contributed by atoms with Crippen LogP contribution in [0.2, 0.25) is 5.15 Å². The molecule has 0 radical (unpaired) electrons. The highest BCUT2D eigenvalue weighted by atomic mass is 35.5. The molecular formula is C11H16ClN3O. The summed E-state index contributed by atoms with van der Waals surface area (Å²) in [5, 5.41) is 9.60. The van der Waals surface area contributed by atoms with Gasteiger partial charge in [-0.05, 0) is 6.42 Å². The first-order valence-corrected chi connectivity index (χ1v) is 6.00. The van der Waals surface area contributed by atoms with Crippen molar-refractivity contribution >= 4 is 17.4 Å². The lowest BCUT2D eigenvalue weighted by Gasteiger charge is -2.17. The van der Waals surface area contributed by atoms with Gasteiger partial charge in [0, 0.05) is 38.1 Å². The van der Waals surface area contributed by atoms with Crippen molar-refractivity contribution in [2.45, 2.75) is 19.8 Å². The van der Waals surface area contributed by atoms with Crippen LogP contribution in [0.15, 0.2) is 6.07 Å². The van der Waals surface area contributed by atoms with E-state index in [-0.39, 0.29) is 6.61 Å². The van der Waals surface area contributed by atoms with Gasteiger partial charge in [0.25, 0.3) is 0 Å². The van der Waals surface area contributed by atoms with E-state index in [1.165, 1.54) is 0 Å². The number of halogens is 1. The van der Waals surface area contributed by atoms with Crippen LogP contribution in [0.3, 0.4) is 0 Å². The van der Waals surface area contributed by atoms with E-state index in [1.54, 1.807) is 6.07 Å². The molecule has 0 aliphatic carbocycles. The topological polar surface area (TPSA) is 49.2 Å². The molecule has 1 fully saturated rings. The van der Waals surface area contributed by atoms with Crippen LogP contribution in [0, 0.1) is 5.92 Å². The van der Waals surface area contributed by atoms with Crippen LogP contribution in [0.1, 0.15) is 19.2 Å². The van der Waals surface area contributed by atoms with Crippen LogP contribution >= 0.6 is 11.6 Å². The Morgan fingerprint density at radius 3 is 3.00 bits per heavy atom. The fourth-order valence-electron chi connectivity index (χ4n) is 1.96. The first kappa shape index (κ1) is 11.6. The lowest BCUT2D eigenvalue weighted by molar-refractivity contribution is 0.238. The van der Waals surface area contributed by atoms with Gasteiger partial charge < -0.3 is 10.0 Å². The van der Waals surface area contributed by atoms with Crippen molar-refractivity contribution in [2.24, 2.45) is 5.92 Å². The minimum atomic E-state index is 0.246. The van der Waals surface area contributed by atoms with E-state index in [0.29, 0.717) is 11.1 Å². The Morgan fingerprint density at radius 1 is 1.56 bits per heavy atom. The van der Waals surface area contributed by atoms with Crippen LogP contribution in [-0.2, 0) is 6.42 Å². The molecular weight excluding hydrogens is 226 g/mol. The molecule has 0 saturated carbocycles. The van der Waals surface area contributed by atoms with Gasteiger partial charge in [-0.2, -0.15) is 0 Å². The molecule has 1 saturated heterocycles. The molecule has 5 heteroatoms. The molecule has 0 amide bonds. The lowest BCUT2D eigenvalue weighted by Crippen LogP contribution is -2.22. The Bertz CT molecular complexity index is 372. The van der Waals surface area contributed by atoms with Crippen LogP contribution in [0.4, 0.5) is 5.82 Å². The normalized spacial score (nSPS) is 20.4. The van der Waals surface area contributed by atoms with E-state index in [1.807, 2.05) is 6.92 Å². The van der Waals surface area contributed by atoms with Gasteiger partial charge >= 0.3 is 0 Å². The number of hydrogen-bond acceptors (Lipinski definition) is 4. The molecule has 1 atom stereocenters. The zero-order chi connectivity index (χ0) is 11.5. The van der Waals surface area contributed by atoms with Crippen molar-refractivity contribution in [2.75, 3.05) is 24.6 Å². The van der Waals surface area contributed by atoms with E-state index >= 15 is 0 Å². The van der Waals surface area contributed by atoms with Crippen molar-refractivity contribution in [1.82, 2.24) is 9.97 Å². The van der Waals surface area contributed by atoms with Gasteiger partial charge in [0.2, 0.25) is 0 Å². The number of rotatable bonds is 3. The van der Waals surface area contributed by atoms with Gasteiger partial charge in [-0.25, -0.2) is 9.97 Å². The highest BCUT2D eigenvalue weighted by molar-refractivity contribution is 6.29. The summed E-state index contributed by atoms with van der Waals surface area (Å²) >= 11 is 5.95. The second-order valence-electron chi connectivity index (χ2n) is 4.10. The van der Waals surface area contributed by atoms with Gasteiger partial charge in [0.1, 0.15) is 16.8 Å². The number of aromatic nitrogens is 2. The zero-order valence-electron chi connectivity index (χ0n) is 9.36. The maximum absolute atomic E-state index is 9.10. The van der Waals surface area contributed by atoms with Gasteiger partial charge in [-0.15, -0.1) is 0 Å². The van der Waals surface area contributed by atoms with E-state index in [2.05, 4.69) is 14.9 Å². The third-order valence-corrected chi connectivity index (χ3v) is 3.11. The number of aliphatic hydroxyl groups excluding tert-OH is 1. The number of hydrogen-bond donors (Lipinski definition) is 1. The Kier molecular flexibility index (Phi) is 3.61. The minimum Gasteiger partial charge on any atom is -0.396 e. The summed E-state index contributed by atoms with van der Waals surface area (Å²) in [6.45, 7) is 4.04. The summed E-state index contributed by atoms with van der Waals surface area (Å²) in [6.07, 6.45) is 1.80. The third-order valence-electron chi connectivity index (χ3n) is 2.91. The first-order valence-electron chi connectivity index (χ1n) is 5.62. The molecule has 1 aliphatic rings. The van der Waals surface area contributed by atoms with Crippen molar-refractivity contribution in [3.63, 3.8) is 0 Å². The highest BCUT2D eigenvalue weighted by Crippen LogP contribution is 2.23. The van der Waals surface area contributed by atoms with Crippen molar-refractivity contribution < 1.29 is 5.11 Å². The molecule has 1 aromatic heterocycles. The van der Waals surface area contributed by atoms with Crippen molar-refractivity contribution in [3.05, 3.63) is 17.0 Å². The summed E-state index contributed by atoms with van der Waals surface area (Å²) in [6, 6.07) is 1.79. The van der Waals surface area contributed by atoms with E-state index in [9.17, 15) is 0 Å². The fourth-order valence-corrected chi connectivity index (χ4v) is 2.16. The lowest BCUT2D eigenvalue weighted by atomic mass is 10.1. The molecule has 88 valence electrons. The zero-order valence-corrected chi connectivity index (χ0v) is 10.1. The van der Waals surface area contributed by atoms with Crippen LogP contribution < -0.4 is 4.90 Å². The quantitative estimate of drug-likeness (QED) is 0.815. The molecule has 4 nitrogen and oxygen atoms in total. The first-order chi connectivity index (χ1) is 7.72. The summed E-state index contributed by atoms with van der Waals surface area (Å²) in [5.74, 6) is 2.02. The molecule has 1 aliphatic heterocycles. The molecule has 0 aromatic carbocycles. The van der Waals surface area contributed by atoms with E-state index in [4.69, 9.17) is 16.7 Å². The van der Waals surface area contributed by atoms with Gasteiger partial charge in [0.15, 0.2) is 0 Å². The van der Waals surface area contributed by atoms with Crippen LogP contribution in [0.25, 0.3) is 0 Å². The monoisotopic (exact) mass is 241 g/mol. The summed E-state index contributed by atoms with van der Waals surface area (Å²) in [7, 11) is 0. The molecule has 1 aromatic rings. The van der Waals surface area contributed by atoms with E-state index in [0.717, 1.165) is 37.6 Å². The van der Waals surface area contributed by atoms with Crippen LogP contribution in [0.5, 0.6) is 0 Å². The average molecular weight is 242 g/mol. The third kappa shape index (κ3) is 2.44. The van der Waals surface area contributed by atoms with Crippen LogP contribution in [-0.4, -0.2) is 34.8 Å². The predicted octanol–water partition coefficient (Wildman–Crippen LogP) is 1.51. The number of aryl methyl sites for hydroxylation is 1. The van der Waals surface area contributed by atoms with Crippen molar-refractivity contribution in [1.29, 1.82) is 0 Å². The maximum Gasteiger partial charge on any atom is 0.134 e. The number of aliphatic hydroxyl groups is 1. The smallest absolute Gasteiger partial charge is 0.134 e. The second-order valence-corrected chi connectivity index (χ2v) is 4.49. The SMILES string of the molecule is CCc1nc(Cl)cc(N2CCC(CO)C2)n1. The Labute approximate surface area is 100 Å². The molecule has 2 heterocycles. The standard InChI is InChI=1S/C11H16ClN3O/c1-2-10-13-9(12)5-11(14-10)15-4-3-8(6-15)7-16/h5,8,16H,2-4,6-7H2,1H3. The highest BCUT2D eigenvalue weighted by Gasteiger charge is 2.23. The Balaban J connectivity index is 2.17.